The van der Waals surface area contributed by atoms with Crippen molar-refractivity contribution in [3.8, 4) is 11.5 Å². The molecule has 7 heteroatoms. The molecule has 0 aliphatic carbocycles. The van der Waals surface area contributed by atoms with Crippen LogP contribution in [0.4, 0.5) is 0 Å². The van der Waals surface area contributed by atoms with Gasteiger partial charge in [0.05, 0.1) is 14.2 Å². The van der Waals surface area contributed by atoms with Gasteiger partial charge < -0.3 is 19.7 Å². The molecule has 1 aromatic rings. The smallest absolute Gasteiger partial charge is 0.194 e. The first kappa shape index (κ1) is 24.8. The Hall–Kier alpha value is -1.22. The molecule has 1 N–H and O–H groups in total. The molecule has 6 nitrogen and oxygen atoms in total. The van der Waals surface area contributed by atoms with E-state index < -0.39 is 0 Å². The van der Waals surface area contributed by atoms with E-state index in [-0.39, 0.29) is 24.0 Å². The van der Waals surface area contributed by atoms with Crippen molar-refractivity contribution in [1.82, 2.24) is 15.1 Å². The number of halogens is 1. The van der Waals surface area contributed by atoms with Crippen LogP contribution in [0.5, 0.6) is 11.5 Å². The number of ether oxygens (including phenoxy) is 2. The van der Waals surface area contributed by atoms with Gasteiger partial charge in [0.2, 0.25) is 0 Å². The summed E-state index contributed by atoms with van der Waals surface area (Å²) in [4.78, 5) is 9.30. The van der Waals surface area contributed by atoms with Gasteiger partial charge in [0.15, 0.2) is 17.5 Å². The number of nitrogens with zero attached hydrogens (tertiary/aromatic N) is 3. The van der Waals surface area contributed by atoms with Crippen LogP contribution in [0.25, 0.3) is 0 Å². The van der Waals surface area contributed by atoms with Crippen LogP contribution < -0.4 is 14.8 Å². The average Bonchev–Trinajstić information content (AvgIpc) is 2.65. The van der Waals surface area contributed by atoms with E-state index in [1.54, 1.807) is 14.2 Å². The molecule has 0 saturated heterocycles. The van der Waals surface area contributed by atoms with Gasteiger partial charge in [-0.05, 0) is 57.4 Å². The maximum Gasteiger partial charge on any atom is 0.194 e. The Balaban J connectivity index is 0.00000392. The minimum Gasteiger partial charge on any atom is -0.493 e. The van der Waals surface area contributed by atoms with E-state index in [0.717, 1.165) is 50.1 Å². The number of methoxy groups -OCH3 is 2. The summed E-state index contributed by atoms with van der Waals surface area (Å²) < 4.78 is 10.9. The number of aliphatic imine (C=N–C) groups is 1. The molecule has 28 heavy (non-hydrogen) atoms. The highest BCUT2D eigenvalue weighted by molar-refractivity contribution is 14.0. The number of guanidine groups is 1. The van der Waals surface area contributed by atoms with Gasteiger partial charge in [-0.25, -0.2) is 0 Å². The Kier molecular flexibility index (Phi) is 10.4. The highest BCUT2D eigenvalue weighted by atomic mass is 127. The summed E-state index contributed by atoms with van der Waals surface area (Å²) in [5.41, 5.74) is 2.60. The zero-order valence-corrected chi connectivity index (χ0v) is 20.7. The fourth-order valence-corrected chi connectivity index (χ4v) is 3.81. The molecular weight excluding hydrogens is 467 g/mol. The Morgan fingerprint density at radius 3 is 2.18 bits per heavy atom. The summed E-state index contributed by atoms with van der Waals surface area (Å²) in [6.07, 6.45) is 0.973. The van der Waals surface area contributed by atoms with E-state index in [0.29, 0.717) is 12.1 Å². The molecule has 1 aliphatic rings. The standard InChI is InChI=1S/C21H36N4O2.HI/c1-15(2)25(16(3)4)11-9-23-21(22-5)24-10-8-17-12-19(26-6)20(27-7)13-18(17)14-24;/h12-13,15-16H,8-11,14H2,1-7H3,(H,22,23);1H. The monoisotopic (exact) mass is 504 g/mol. The molecule has 0 unspecified atom stereocenters. The van der Waals surface area contributed by atoms with Gasteiger partial charge in [-0.15, -0.1) is 24.0 Å². The highest BCUT2D eigenvalue weighted by Crippen LogP contribution is 2.33. The molecule has 1 aromatic carbocycles. The lowest BCUT2D eigenvalue weighted by Gasteiger charge is -2.34. The van der Waals surface area contributed by atoms with Crippen molar-refractivity contribution in [1.29, 1.82) is 0 Å². The van der Waals surface area contributed by atoms with Crippen molar-refractivity contribution in [2.45, 2.75) is 52.7 Å². The van der Waals surface area contributed by atoms with Crippen molar-refractivity contribution in [3.05, 3.63) is 23.3 Å². The zero-order chi connectivity index (χ0) is 20.0. The number of nitrogens with one attached hydrogen (secondary N) is 1. The van der Waals surface area contributed by atoms with Crippen molar-refractivity contribution in [2.75, 3.05) is 40.9 Å². The van der Waals surface area contributed by atoms with Crippen LogP contribution in [0, 0.1) is 0 Å². The van der Waals surface area contributed by atoms with Gasteiger partial charge in [0.25, 0.3) is 0 Å². The largest absolute Gasteiger partial charge is 0.493 e. The Morgan fingerprint density at radius 2 is 1.68 bits per heavy atom. The van der Waals surface area contributed by atoms with E-state index in [2.05, 4.69) is 59.9 Å². The Bertz CT molecular complexity index is 642. The van der Waals surface area contributed by atoms with Crippen molar-refractivity contribution >= 4 is 29.9 Å². The van der Waals surface area contributed by atoms with Crippen LogP contribution in [-0.4, -0.2) is 68.7 Å². The van der Waals surface area contributed by atoms with E-state index in [1.165, 1.54) is 11.1 Å². The van der Waals surface area contributed by atoms with Crippen molar-refractivity contribution < 1.29 is 9.47 Å². The highest BCUT2D eigenvalue weighted by Gasteiger charge is 2.22. The molecule has 0 amide bonds. The predicted molar refractivity (Wildman–Crippen MR) is 127 cm³/mol. The molecule has 1 heterocycles. The molecule has 0 aromatic heterocycles. The van der Waals surface area contributed by atoms with Crippen LogP contribution in [0.15, 0.2) is 17.1 Å². The fourth-order valence-electron chi connectivity index (χ4n) is 3.81. The quantitative estimate of drug-likeness (QED) is 0.351. The van der Waals surface area contributed by atoms with Crippen LogP contribution in [0.2, 0.25) is 0 Å². The number of hydrogen-bond donors (Lipinski definition) is 1. The second kappa shape index (κ2) is 11.7. The lowest BCUT2D eigenvalue weighted by atomic mass is 9.99. The first-order valence-electron chi connectivity index (χ1n) is 9.86. The number of rotatable bonds is 7. The first-order chi connectivity index (χ1) is 12.9. The molecular formula is C21H37IN4O2. The predicted octanol–water partition coefficient (Wildman–Crippen LogP) is 3.37. The number of fused-ring (bicyclic) bond motifs is 1. The minimum absolute atomic E-state index is 0. The molecule has 2 rings (SSSR count). The van der Waals surface area contributed by atoms with Gasteiger partial charge in [-0.1, -0.05) is 0 Å². The van der Waals surface area contributed by atoms with Crippen LogP contribution in [0.3, 0.4) is 0 Å². The van der Waals surface area contributed by atoms with Gasteiger partial charge in [0.1, 0.15) is 0 Å². The van der Waals surface area contributed by atoms with E-state index in [1.807, 2.05) is 7.05 Å². The van der Waals surface area contributed by atoms with Crippen molar-refractivity contribution in [3.63, 3.8) is 0 Å². The molecule has 0 atom stereocenters. The lowest BCUT2D eigenvalue weighted by molar-refractivity contribution is 0.177. The summed E-state index contributed by atoms with van der Waals surface area (Å²) in [5.74, 6) is 2.54. The fraction of sp³-hybridized carbons (Fsp3) is 0.667. The SMILES string of the molecule is CN=C(NCCN(C(C)C)C(C)C)N1CCc2cc(OC)c(OC)cc2C1.I. The van der Waals surface area contributed by atoms with Gasteiger partial charge >= 0.3 is 0 Å². The summed E-state index contributed by atoms with van der Waals surface area (Å²) in [7, 11) is 5.22. The van der Waals surface area contributed by atoms with E-state index in [4.69, 9.17) is 9.47 Å². The van der Waals surface area contributed by atoms with Gasteiger partial charge in [-0.2, -0.15) is 0 Å². The second-order valence-corrected chi connectivity index (χ2v) is 7.55. The van der Waals surface area contributed by atoms with Crippen LogP contribution >= 0.6 is 24.0 Å². The molecule has 160 valence electrons. The number of hydrogen-bond acceptors (Lipinski definition) is 4. The van der Waals surface area contributed by atoms with Crippen LogP contribution in [-0.2, 0) is 13.0 Å². The third-order valence-electron chi connectivity index (χ3n) is 5.21. The lowest BCUT2D eigenvalue weighted by Crippen LogP contribution is -2.47. The average molecular weight is 504 g/mol. The summed E-state index contributed by atoms with van der Waals surface area (Å²) in [6, 6.07) is 5.27. The minimum atomic E-state index is 0. The summed E-state index contributed by atoms with van der Waals surface area (Å²) >= 11 is 0. The molecule has 0 saturated carbocycles. The Labute approximate surface area is 187 Å². The maximum absolute atomic E-state index is 5.47. The summed E-state index contributed by atoms with van der Waals surface area (Å²) in [6.45, 7) is 12.7. The summed E-state index contributed by atoms with van der Waals surface area (Å²) in [5, 5.41) is 3.54. The first-order valence-corrected chi connectivity index (χ1v) is 9.86. The molecule has 0 spiro atoms. The second-order valence-electron chi connectivity index (χ2n) is 7.55. The Morgan fingerprint density at radius 1 is 1.11 bits per heavy atom. The molecule has 0 radical (unpaired) electrons. The van der Waals surface area contributed by atoms with Crippen LogP contribution in [0.1, 0.15) is 38.8 Å². The van der Waals surface area contributed by atoms with E-state index in [9.17, 15) is 0 Å². The van der Waals surface area contributed by atoms with Gasteiger partial charge in [-0.3, -0.25) is 9.89 Å². The maximum atomic E-state index is 5.47. The third kappa shape index (κ3) is 6.14. The normalized spacial score (nSPS) is 14.2. The van der Waals surface area contributed by atoms with Crippen molar-refractivity contribution in [2.24, 2.45) is 4.99 Å². The molecule has 1 aliphatic heterocycles. The molecule has 0 fully saturated rings. The topological polar surface area (TPSA) is 49.3 Å². The molecule has 0 bridgehead atoms. The number of benzene rings is 1. The van der Waals surface area contributed by atoms with Gasteiger partial charge in [0, 0.05) is 45.3 Å². The van der Waals surface area contributed by atoms with E-state index >= 15 is 0 Å². The third-order valence-corrected chi connectivity index (χ3v) is 5.21. The zero-order valence-electron chi connectivity index (χ0n) is 18.4.